The summed E-state index contributed by atoms with van der Waals surface area (Å²) < 4.78 is 64.1. The molecule has 0 aromatic heterocycles. The zero-order valence-electron chi connectivity index (χ0n) is 10.3. The van der Waals surface area contributed by atoms with Crippen molar-refractivity contribution < 1.29 is 26.7 Å². The van der Waals surface area contributed by atoms with Crippen LogP contribution in [-0.4, -0.2) is 24.9 Å². The van der Waals surface area contributed by atoms with Gasteiger partial charge in [-0.15, -0.1) is 12.4 Å². The van der Waals surface area contributed by atoms with E-state index in [0.717, 1.165) is 6.07 Å². The van der Waals surface area contributed by atoms with Crippen molar-refractivity contribution in [3.05, 3.63) is 33.8 Å². The fourth-order valence-corrected chi connectivity index (χ4v) is 1.69. The van der Waals surface area contributed by atoms with Crippen LogP contribution in [0.1, 0.15) is 15.9 Å². The topological polar surface area (TPSA) is 55.1 Å². The molecule has 0 unspecified atom stereocenters. The predicted octanol–water partition coefficient (Wildman–Crippen LogP) is 3.21. The molecule has 0 heterocycles. The SMILES string of the molecule is Cl.NCC(F)(F)CNC(=O)c1ccc(Br)cc1C(F)(F)F. The predicted molar refractivity (Wildman–Crippen MR) is 72.7 cm³/mol. The van der Waals surface area contributed by atoms with Gasteiger partial charge in [-0.05, 0) is 18.2 Å². The van der Waals surface area contributed by atoms with Crippen molar-refractivity contribution in [1.82, 2.24) is 5.32 Å². The lowest BCUT2D eigenvalue weighted by atomic mass is 10.1. The average molecular weight is 398 g/mol. The van der Waals surface area contributed by atoms with Crippen LogP contribution in [0.25, 0.3) is 0 Å². The quantitative estimate of drug-likeness (QED) is 0.767. The van der Waals surface area contributed by atoms with Gasteiger partial charge in [-0.3, -0.25) is 4.79 Å². The largest absolute Gasteiger partial charge is 0.417 e. The number of hydrogen-bond acceptors (Lipinski definition) is 2. The van der Waals surface area contributed by atoms with Crippen molar-refractivity contribution in [3.8, 4) is 0 Å². The van der Waals surface area contributed by atoms with E-state index in [9.17, 15) is 26.7 Å². The number of rotatable bonds is 4. The minimum Gasteiger partial charge on any atom is -0.346 e. The van der Waals surface area contributed by atoms with Crippen molar-refractivity contribution >= 4 is 34.2 Å². The number of nitrogens with one attached hydrogen (secondary N) is 1. The standard InChI is InChI=1S/C11H10BrF5N2O.ClH/c12-6-1-2-7(8(3-6)11(15,16)17)9(20)19-5-10(13,14)4-18;/h1-3H,4-5,18H2,(H,19,20);1H. The highest BCUT2D eigenvalue weighted by Gasteiger charge is 2.36. The van der Waals surface area contributed by atoms with E-state index in [4.69, 9.17) is 5.73 Å². The monoisotopic (exact) mass is 396 g/mol. The molecule has 0 aliphatic heterocycles. The van der Waals surface area contributed by atoms with Gasteiger partial charge in [0.2, 0.25) is 0 Å². The highest BCUT2D eigenvalue weighted by molar-refractivity contribution is 9.10. The molecule has 0 saturated carbocycles. The molecule has 1 amide bonds. The summed E-state index contributed by atoms with van der Waals surface area (Å²) in [7, 11) is 0. The molecule has 1 aromatic rings. The molecule has 21 heavy (non-hydrogen) atoms. The maximum atomic E-state index is 12.9. The van der Waals surface area contributed by atoms with Gasteiger partial charge in [0.05, 0.1) is 24.2 Å². The van der Waals surface area contributed by atoms with E-state index in [0.29, 0.717) is 6.07 Å². The zero-order chi connectivity index (χ0) is 15.6. The van der Waals surface area contributed by atoms with Crippen LogP contribution < -0.4 is 11.1 Å². The number of hydrogen-bond donors (Lipinski definition) is 2. The summed E-state index contributed by atoms with van der Waals surface area (Å²) in [6.07, 6.45) is -4.77. The molecule has 0 radical (unpaired) electrons. The van der Waals surface area contributed by atoms with Crippen LogP contribution in [0.5, 0.6) is 0 Å². The molecule has 0 saturated heterocycles. The molecule has 10 heteroatoms. The normalized spacial score (nSPS) is 11.8. The molecule has 0 aliphatic rings. The molecule has 0 fully saturated rings. The summed E-state index contributed by atoms with van der Waals surface area (Å²) in [5.41, 5.74) is 2.83. The van der Waals surface area contributed by atoms with E-state index >= 15 is 0 Å². The van der Waals surface area contributed by atoms with E-state index in [1.54, 1.807) is 5.32 Å². The maximum Gasteiger partial charge on any atom is 0.417 e. The molecular formula is C11H11BrClF5N2O. The van der Waals surface area contributed by atoms with Crippen LogP contribution in [0.15, 0.2) is 22.7 Å². The molecule has 0 spiro atoms. The third-order valence-corrected chi connectivity index (χ3v) is 2.83. The van der Waals surface area contributed by atoms with E-state index in [1.165, 1.54) is 6.07 Å². The lowest BCUT2D eigenvalue weighted by molar-refractivity contribution is -0.138. The van der Waals surface area contributed by atoms with Gasteiger partial charge in [0, 0.05) is 4.47 Å². The summed E-state index contributed by atoms with van der Waals surface area (Å²) in [5.74, 6) is -4.61. The first kappa shape index (κ1) is 20.1. The Labute approximate surface area is 131 Å². The Kier molecular flexibility index (Phi) is 7.04. The number of carbonyl (C=O) groups is 1. The van der Waals surface area contributed by atoms with Crippen LogP contribution in [0, 0.1) is 0 Å². The Bertz CT molecular complexity index is 510. The van der Waals surface area contributed by atoms with Crippen molar-refractivity contribution in [2.24, 2.45) is 5.73 Å². The van der Waals surface area contributed by atoms with Crippen molar-refractivity contribution in [2.45, 2.75) is 12.1 Å². The summed E-state index contributed by atoms with van der Waals surface area (Å²) in [6, 6.07) is 2.82. The first-order valence-corrected chi connectivity index (χ1v) is 6.09. The first-order valence-electron chi connectivity index (χ1n) is 5.29. The van der Waals surface area contributed by atoms with Crippen LogP contribution in [0.4, 0.5) is 22.0 Å². The fourth-order valence-electron chi connectivity index (χ4n) is 1.33. The van der Waals surface area contributed by atoms with Gasteiger partial charge in [-0.1, -0.05) is 15.9 Å². The third-order valence-electron chi connectivity index (χ3n) is 2.34. The van der Waals surface area contributed by atoms with E-state index < -0.39 is 42.2 Å². The lowest BCUT2D eigenvalue weighted by Crippen LogP contribution is -2.41. The van der Waals surface area contributed by atoms with E-state index in [1.807, 2.05) is 0 Å². The molecule has 1 rings (SSSR count). The highest BCUT2D eigenvalue weighted by atomic mass is 79.9. The summed E-state index contributed by atoms with van der Waals surface area (Å²) in [6.45, 7) is -2.14. The Morgan fingerprint density at radius 1 is 1.24 bits per heavy atom. The summed E-state index contributed by atoms with van der Waals surface area (Å²) in [5, 5.41) is 1.74. The smallest absolute Gasteiger partial charge is 0.346 e. The highest BCUT2D eigenvalue weighted by Crippen LogP contribution is 2.33. The van der Waals surface area contributed by atoms with Crippen molar-refractivity contribution in [3.63, 3.8) is 0 Å². The second kappa shape index (κ2) is 7.37. The van der Waals surface area contributed by atoms with Crippen molar-refractivity contribution in [2.75, 3.05) is 13.1 Å². The van der Waals surface area contributed by atoms with Crippen LogP contribution >= 0.6 is 28.3 Å². The number of amides is 1. The number of nitrogens with two attached hydrogens (primary N) is 1. The molecule has 0 aliphatic carbocycles. The van der Waals surface area contributed by atoms with Gasteiger partial charge in [0.1, 0.15) is 0 Å². The summed E-state index contributed by atoms with van der Waals surface area (Å²) >= 11 is 2.85. The van der Waals surface area contributed by atoms with Gasteiger partial charge in [-0.25, -0.2) is 8.78 Å². The van der Waals surface area contributed by atoms with Crippen LogP contribution in [-0.2, 0) is 6.18 Å². The maximum absolute atomic E-state index is 12.9. The second-order valence-electron chi connectivity index (χ2n) is 3.93. The van der Waals surface area contributed by atoms with Crippen LogP contribution in [0.2, 0.25) is 0 Å². The van der Waals surface area contributed by atoms with Gasteiger partial charge in [-0.2, -0.15) is 13.2 Å². The van der Waals surface area contributed by atoms with E-state index in [2.05, 4.69) is 15.9 Å². The van der Waals surface area contributed by atoms with Crippen LogP contribution in [0.3, 0.4) is 0 Å². The number of alkyl halides is 5. The second-order valence-corrected chi connectivity index (χ2v) is 4.85. The molecule has 3 nitrogen and oxygen atoms in total. The minimum atomic E-state index is -4.77. The Hall–Kier alpha value is -0.930. The van der Waals surface area contributed by atoms with Gasteiger partial charge in [0.25, 0.3) is 11.8 Å². The molecule has 0 bridgehead atoms. The average Bonchev–Trinajstić information content (AvgIpc) is 2.35. The zero-order valence-corrected chi connectivity index (χ0v) is 12.7. The number of benzene rings is 1. The fraction of sp³-hybridized carbons (Fsp3) is 0.364. The molecule has 0 atom stereocenters. The first-order chi connectivity index (χ1) is 9.07. The Balaban J connectivity index is 0.00000400. The number of halogens is 7. The third kappa shape index (κ3) is 5.76. The van der Waals surface area contributed by atoms with Gasteiger partial charge >= 0.3 is 6.18 Å². The van der Waals surface area contributed by atoms with Crippen molar-refractivity contribution in [1.29, 1.82) is 0 Å². The van der Waals surface area contributed by atoms with Gasteiger partial charge in [0.15, 0.2) is 0 Å². The molecule has 120 valence electrons. The minimum absolute atomic E-state index is 0. The van der Waals surface area contributed by atoms with E-state index in [-0.39, 0.29) is 16.9 Å². The molecule has 3 N–H and O–H groups in total. The summed E-state index contributed by atoms with van der Waals surface area (Å²) in [4.78, 5) is 11.6. The van der Waals surface area contributed by atoms with Gasteiger partial charge < -0.3 is 11.1 Å². The molecule has 1 aromatic carbocycles. The Morgan fingerprint density at radius 2 is 1.81 bits per heavy atom. The molecular weight excluding hydrogens is 386 g/mol. The number of carbonyl (C=O) groups excluding carboxylic acids is 1. The lowest BCUT2D eigenvalue weighted by Gasteiger charge is -2.16. The Morgan fingerprint density at radius 3 is 2.29 bits per heavy atom.